The Kier molecular flexibility index (Phi) is 3.05. The Morgan fingerprint density at radius 2 is 2.00 bits per heavy atom. The zero-order chi connectivity index (χ0) is 13.5. The number of carbonyl (C=O) groups is 1. The maximum absolute atomic E-state index is 12.4. The van der Waals surface area contributed by atoms with Crippen LogP contribution in [0.1, 0.15) is 22.8 Å². The highest BCUT2D eigenvalue weighted by molar-refractivity contribution is 5.99. The van der Waals surface area contributed by atoms with Gasteiger partial charge in [0.2, 0.25) is 5.85 Å². The van der Waals surface area contributed by atoms with E-state index < -0.39 is 5.85 Å². The molecule has 1 fully saturated rings. The zero-order valence-corrected chi connectivity index (χ0v) is 11.1. The minimum Gasteiger partial charge on any atom is -0.354 e. The van der Waals surface area contributed by atoms with E-state index in [9.17, 15) is 9.90 Å². The van der Waals surface area contributed by atoms with Crippen LogP contribution in [-0.4, -0.2) is 53.5 Å². The van der Waals surface area contributed by atoms with E-state index in [2.05, 4.69) is 5.32 Å². The van der Waals surface area contributed by atoms with Crippen molar-refractivity contribution in [3.63, 3.8) is 0 Å². The van der Waals surface area contributed by atoms with Crippen molar-refractivity contribution < 1.29 is 9.90 Å². The van der Waals surface area contributed by atoms with Crippen LogP contribution in [0.5, 0.6) is 0 Å². The summed E-state index contributed by atoms with van der Waals surface area (Å²) in [4.78, 5) is 16.0. The fourth-order valence-electron chi connectivity index (χ4n) is 3.08. The van der Waals surface area contributed by atoms with E-state index in [1.807, 2.05) is 30.0 Å². The van der Waals surface area contributed by atoms with Gasteiger partial charge in [0.25, 0.3) is 5.91 Å². The van der Waals surface area contributed by atoms with Crippen molar-refractivity contribution in [3.8, 4) is 0 Å². The average molecular weight is 261 g/mol. The molecule has 2 aliphatic heterocycles. The molecule has 0 saturated carbocycles. The number of benzene rings is 1. The zero-order valence-electron chi connectivity index (χ0n) is 11.1. The topological polar surface area (TPSA) is 55.8 Å². The molecule has 102 valence electrons. The van der Waals surface area contributed by atoms with Crippen molar-refractivity contribution in [2.45, 2.75) is 12.8 Å². The smallest absolute Gasteiger partial charge is 0.257 e. The van der Waals surface area contributed by atoms with E-state index in [1.54, 1.807) is 11.0 Å². The van der Waals surface area contributed by atoms with Crippen LogP contribution in [0.3, 0.4) is 0 Å². The molecule has 5 heteroatoms. The third-order valence-corrected chi connectivity index (χ3v) is 4.01. The van der Waals surface area contributed by atoms with Crippen LogP contribution in [0, 0.1) is 0 Å². The highest BCUT2D eigenvalue weighted by atomic mass is 16.3. The lowest BCUT2D eigenvalue weighted by atomic mass is 10.1. The molecule has 19 heavy (non-hydrogen) atoms. The van der Waals surface area contributed by atoms with Crippen molar-refractivity contribution in [2.24, 2.45) is 0 Å². The number of rotatable bonds is 2. The van der Waals surface area contributed by atoms with Gasteiger partial charge in [-0.2, -0.15) is 0 Å². The van der Waals surface area contributed by atoms with Gasteiger partial charge in [0.1, 0.15) is 0 Å². The summed E-state index contributed by atoms with van der Waals surface area (Å²) >= 11 is 0. The van der Waals surface area contributed by atoms with Crippen LogP contribution in [0.15, 0.2) is 24.3 Å². The highest BCUT2D eigenvalue weighted by Crippen LogP contribution is 2.39. The van der Waals surface area contributed by atoms with E-state index in [0.717, 1.165) is 26.2 Å². The van der Waals surface area contributed by atoms with E-state index in [4.69, 9.17) is 0 Å². The van der Waals surface area contributed by atoms with Gasteiger partial charge in [-0.25, -0.2) is 0 Å². The molecule has 3 rings (SSSR count). The maximum atomic E-state index is 12.4. The molecule has 0 aliphatic carbocycles. The minimum atomic E-state index is -1.29. The van der Waals surface area contributed by atoms with Gasteiger partial charge < -0.3 is 10.4 Å². The summed E-state index contributed by atoms with van der Waals surface area (Å²) in [7, 11) is 0. The summed E-state index contributed by atoms with van der Waals surface area (Å²) in [5, 5.41) is 14.5. The van der Waals surface area contributed by atoms with Gasteiger partial charge in [-0.05, 0) is 13.0 Å². The lowest BCUT2D eigenvalue weighted by Crippen LogP contribution is -2.61. The molecule has 1 amide bonds. The van der Waals surface area contributed by atoms with Crippen LogP contribution < -0.4 is 5.32 Å². The third-order valence-electron chi connectivity index (χ3n) is 4.01. The van der Waals surface area contributed by atoms with Gasteiger partial charge in [0.05, 0.1) is 0 Å². The number of fused-ring (bicyclic) bond motifs is 1. The number of hydrogen-bond acceptors (Lipinski definition) is 4. The van der Waals surface area contributed by atoms with Gasteiger partial charge in [-0.3, -0.25) is 14.6 Å². The monoisotopic (exact) mass is 261 g/mol. The molecule has 0 spiro atoms. The van der Waals surface area contributed by atoms with Gasteiger partial charge in [-0.15, -0.1) is 0 Å². The lowest BCUT2D eigenvalue weighted by Gasteiger charge is -2.44. The first-order valence-corrected chi connectivity index (χ1v) is 6.79. The van der Waals surface area contributed by atoms with Gasteiger partial charge >= 0.3 is 0 Å². The molecule has 1 aromatic rings. The Balaban J connectivity index is 2.08. The van der Waals surface area contributed by atoms with Crippen molar-refractivity contribution in [1.82, 2.24) is 15.1 Å². The van der Waals surface area contributed by atoms with Crippen LogP contribution in [0.2, 0.25) is 0 Å². The third kappa shape index (κ3) is 1.69. The second-order valence-corrected chi connectivity index (χ2v) is 4.97. The summed E-state index contributed by atoms with van der Waals surface area (Å²) in [6.07, 6.45) is 0. The highest BCUT2D eigenvalue weighted by Gasteiger charge is 2.51. The van der Waals surface area contributed by atoms with Crippen molar-refractivity contribution in [2.75, 3.05) is 32.7 Å². The number of nitrogens with zero attached hydrogens (tertiary/aromatic N) is 2. The Morgan fingerprint density at radius 1 is 1.32 bits per heavy atom. The average Bonchev–Trinajstić information content (AvgIpc) is 2.70. The summed E-state index contributed by atoms with van der Waals surface area (Å²) in [5.41, 5.74) is 1.33. The Morgan fingerprint density at radius 3 is 2.68 bits per heavy atom. The Hall–Kier alpha value is -1.43. The van der Waals surface area contributed by atoms with E-state index in [1.165, 1.54) is 0 Å². The fourth-order valence-corrected chi connectivity index (χ4v) is 3.08. The van der Waals surface area contributed by atoms with Crippen molar-refractivity contribution in [3.05, 3.63) is 35.4 Å². The molecule has 1 unspecified atom stereocenters. The number of aliphatic hydroxyl groups is 1. The van der Waals surface area contributed by atoms with Gasteiger partial charge in [-0.1, -0.05) is 18.2 Å². The van der Waals surface area contributed by atoms with Crippen molar-refractivity contribution >= 4 is 5.91 Å². The molecule has 0 bridgehead atoms. The van der Waals surface area contributed by atoms with E-state index in [-0.39, 0.29) is 5.91 Å². The number of amides is 1. The normalized spacial score (nSPS) is 27.7. The van der Waals surface area contributed by atoms with Gasteiger partial charge in [0, 0.05) is 43.9 Å². The SMILES string of the molecule is CCN1C(=O)c2ccccc2C1(O)N1CCNCC1. The van der Waals surface area contributed by atoms with Gasteiger partial charge in [0.15, 0.2) is 0 Å². The molecule has 2 aliphatic rings. The van der Waals surface area contributed by atoms with Crippen LogP contribution in [0.4, 0.5) is 0 Å². The lowest BCUT2D eigenvalue weighted by molar-refractivity contribution is -0.201. The molecule has 2 N–H and O–H groups in total. The molecular weight excluding hydrogens is 242 g/mol. The summed E-state index contributed by atoms with van der Waals surface area (Å²) in [6.45, 7) is 5.51. The first-order chi connectivity index (χ1) is 9.19. The quantitative estimate of drug-likeness (QED) is 0.797. The minimum absolute atomic E-state index is 0.0841. The Bertz CT molecular complexity index is 499. The predicted octanol–water partition coefficient (Wildman–Crippen LogP) is 0.170. The molecule has 5 nitrogen and oxygen atoms in total. The number of hydrogen-bond donors (Lipinski definition) is 2. The molecule has 1 saturated heterocycles. The summed E-state index contributed by atoms with van der Waals surface area (Å²) < 4.78 is 0. The molecule has 0 radical (unpaired) electrons. The second-order valence-electron chi connectivity index (χ2n) is 4.97. The summed E-state index contributed by atoms with van der Waals surface area (Å²) in [6, 6.07) is 7.36. The molecule has 0 aromatic heterocycles. The molecule has 1 aromatic carbocycles. The summed E-state index contributed by atoms with van der Waals surface area (Å²) in [5.74, 6) is -1.37. The first kappa shape index (κ1) is 12.6. The fraction of sp³-hybridized carbons (Fsp3) is 0.500. The number of carbonyl (C=O) groups excluding carboxylic acids is 1. The standard InChI is InChI=1S/C14H19N3O2/c1-2-17-13(18)11-5-3-4-6-12(11)14(17,19)16-9-7-15-8-10-16/h3-6,15,19H,2,7-10H2,1H3. The van der Waals surface area contributed by atoms with Crippen LogP contribution in [0.25, 0.3) is 0 Å². The number of nitrogens with one attached hydrogen (secondary N) is 1. The largest absolute Gasteiger partial charge is 0.354 e. The van der Waals surface area contributed by atoms with E-state index >= 15 is 0 Å². The maximum Gasteiger partial charge on any atom is 0.257 e. The van der Waals surface area contributed by atoms with Crippen LogP contribution in [-0.2, 0) is 5.85 Å². The second kappa shape index (κ2) is 4.59. The molecule has 2 heterocycles. The molecular formula is C14H19N3O2. The number of piperazine rings is 1. The van der Waals surface area contributed by atoms with Crippen molar-refractivity contribution in [1.29, 1.82) is 0 Å². The van der Waals surface area contributed by atoms with Crippen LogP contribution >= 0.6 is 0 Å². The Labute approximate surface area is 112 Å². The molecule has 1 atom stereocenters. The predicted molar refractivity (Wildman–Crippen MR) is 71.5 cm³/mol. The first-order valence-electron chi connectivity index (χ1n) is 6.79. The van der Waals surface area contributed by atoms with E-state index in [0.29, 0.717) is 17.7 Å².